The van der Waals surface area contributed by atoms with E-state index in [4.69, 9.17) is 5.73 Å². The van der Waals surface area contributed by atoms with Crippen LogP contribution in [-0.4, -0.2) is 22.6 Å². The molecule has 2 aromatic rings. The number of carbonyl (C=O) groups is 3. The van der Waals surface area contributed by atoms with Crippen LogP contribution in [0, 0.1) is 6.92 Å². The Labute approximate surface area is 164 Å². The molecule has 0 aliphatic rings. The second-order valence-electron chi connectivity index (χ2n) is 5.85. The average Bonchev–Trinajstić information content (AvgIpc) is 3.02. The van der Waals surface area contributed by atoms with Crippen molar-refractivity contribution in [3.63, 3.8) is 0 Å². The van der Waals surface area contributed by atoms with Gasteiger partial charge in [0.15, 0.2) is 10.9 Å². The monoisotopic (exact) mass is 437 g/mol. The van der Waals surface area contributed by atoms with E-state index in [9.17, 15) is 14.4 Å². The van der Waals surface area contributed by atoms with Crippen LogP contribution in [-0.2, 0) is 9.59 Å². The first-order valence-electron chi connectivity index (χ1n) is 8.24. The van der Waals surface area contributed by atoms with Gasteiger partial charge in [0.2, 0.25) is 0 Å². The predicted molar refractivity (Wildman–Crippen MR) is 106 cm³/mol. The van der Waals surface area contributed by atoms with E-state index in [-0.39, 0.29) is 10.9 Å². The number of halogens is 1. The number of anilines is 2. The zero-order valence-corrected chi connectivity index (χ0v) is 17.0. The number of Topliss-reactive ketones (excluding diaryl/α,β-unsaturated/α-hetero) is 1. The van der Waals surface area contributed by atoms with Gasteiger partial charge in [-0.15, -0.1) is 0 Å². The standard InChI is InChI=1S/C18H20BrN3O3S/c1-3-4-5-6-14(23)12-9-11(2)7-8-13(12)22(17(25)16(20)24)18-21-10-15(19)26-18/h7-10H,3-6H2,1-2H3,(H2,20,24). The van der Waals surface area contributed by atoms with Crippen LogP contribution in [0.25, 0.3) is 0 Å². The molecule has 8 heteroatoms. The van der Waals surface area contributed by atoms with E-state index in [0.29, 0.717) is 21.5 Å². The maximum Gasteiger partial charge on any atom is 0.322 e. The molecule has 0 saturated carbocycles. The molecule has 2 rings (SSSR count). The molecular formula is C18H20BrN3O3S. The Hall–Kier alpha value is -2.06. The molecule has 1 heterocycles. The van der Waals surface area contributed by atoms with Crippen molar-refractivity contribution in [3.05, 3.63) is 39.3 Å². The highest BCUT2D eigenvalue weighted by molar-refractivity contribution is 9.11. The first kappa shape index (κ1) is 20.3. The third kappa shape index (κ3) is 4.76. The van der Waals surface area contributed by atoms with Gasteiger partial charge < -0.3 is 5.73 Å². The van der Waals surface area contributed by atoms with E-state index >= 15 is 0 Å². The van der Waals surface area contributed by atoms with E-state index in [1.165, 1.54) is 17.5 Å². The highest BCUT2D eigenvalue weighted by atomic mass is 79.9. The molecule has 0 unspecified atom stereocenters. The topological polar surface area (TPSA) is 93.4 Å². The number of aromatic nitrogens is 1. The number of rotatable bonds is 7. The number of carbonyl (C=O) groups excluding carboxylic acids is 3. The summed E-state index contributed by atoms with van der Waals surface area (Å²) < 4.78 is 0.692. The lowest BCUT2D eigenvalue weighted by Crippen LogP contribution is -2.38. The fourth-order valence-corrected chi connectivity index (χ4v) is 3.69. The zero-order valence-electron chi connectivity index (χ0n) is 14.6. The highest BCUT2D eigenvalue weighted by Crippen LogP contribution is 2.35. The van der Waals surface area contributed by atoms with E-state index in [0.717, 1.165) is 29.7 Å². The maximum absolute atomic E-state index is 12.7. The van der Waals surface area contributed by atoms with Gasteiger partial charge in [0, 0.05) is 12.0 Å². The zero-order chi connectivity index (χ0) is 19.3. The number of hydrogen-bond acceptors (Lipinski definition) is 5. The van der Waals surface area contributed by atoms with Crippen molar-refractivity contribution in [3.8, 4) is 0 Å². The summed E-state index contributed by atoms with van der Waals surface area (Å²) >= 11 is 4.47. The molecule has 26 heavy (non-hydrogen) atoms. The molecule has 0 radical (unpaired) electrons. The number of unbranched alkanes of at least 4 members (excludes halogenated alkanes) is 2. The van der Waals surface area contributed by atoms with Gasteiger partial charge in [0.05, 0.1) is 15.7 Å². The van der Waals surface area contributed by atoms with Crippen LogP contribution in [0.5, 0.6) is 0 Å². The molecule has 6 nitrogen and oxygen atoms in total. The summed E-state index contributed by atoms with van der Waals surface area (Å²) in [5.41, 5.74) is 6.82. The second kappa shape index (κ2) is 9.05. The lowest BCUT2D eigenvalue weighted by molar-refractivity contribution is -0.135. The van der Waals surface area contributed by atoms with Crippen molar-refractivity contribution < 1.29 is 14.4 Å². The molecule has 0 bridgehead atoms. The number of aryl methyl sites for hydroxylation is 1. The summed E-state index contributed by atoms with van der Waals surface area (Å²) in [4.78, 5) is 42.0. The lowest BCUT2D eigenvalue weighted by Gasteiger charge is -2.21. The van der Waals surface area contributed by atoms with Crippen LogP contribution in [0.3, 0.4) is 0 Å². The largest absolute Gasteiger partial charge is 0.361 e. The maximum atomic E-state index is 12.7. The minimum Gasteiger partial charge on any atom is -0.361 e. The number of nitrogens with zero attached hydrogens (tertiary/aromatic N) is 2. The van der Waals surface area contributed by atoms with Gasteiger partial charge in [-0.05, 0) is 41.4 Å². The lowest BCUT2D eigenvalue weighted by atomic mass is 10.00. The molecule has 1 aromatic heterocycles. The third-order valence-corrected chi connectivity index (χ3v) is 5.23. The number of amides is 2. The molecular weight excluding hydrogens is 418 g/mol. The molecule has 0 fully saturated rings. The van der Waals surface area contributed by atoms with E-state index in [1.54, 1.807) is 18.2 Å². The molecule has 0 aliphatic heterocycles. The molecule has 0 aliphatic carbocycles. The Balaban J connectivity index is 2.52. The summed E-state index contributed by atoms with van der Waals surface area (Å²) in [5.74, 6) is -2.12. The van der Waals surface area contributed by atoms with Crippen LogP contribution in [0.4, 0.5) is 10.8 Å². The SMILES string of the molecule is CCCCCC(=O)c1cc(C)ccc1N(C(=O)C(N)=O)c1ncc(Br)s1. The Morgan fingerprint density at radius 3 is 2.58 bits per heavy atom. The van der Waals surface area contributed by atoms with Crippen LogP contribution in [0.2, 0.25) is 0 Å². The first-order chi connectivity index (χ1) is 12.3. The van der Waals surface area contributed by atoms with Crippen molar-refractivity contribution >= 4 is 55.7 Å². The Morgan fingerprint density at radius 1 is 1.27 bits per heavy atom. The highest BCUT2D eigenvalue weighted by Gasteiger charge is 2.28. The van der Waals surface area contributed by atoms with Crippen molar-refractivity contribution in [2.75, 3.05) is 4.90 Å². The quantitative estimate of drug-likeness (QED) is 0.400. The van der Waals surface area contributed by atoms with Gasteiger partial charge in [-0.1, -0.05) is 42.7 Å². The molecule has 1 aromatic carbocycles. The Kier molecular flexibility index (Phi) is 7.05. The van der Waals surface area contributed by atoms with Crippen LogP contribution in [0.1, 0.15) is 48.5 Å². The fraction of sp³-hybridized carbons (Fsp3) is 0.333. The molecule has 2 N–H and O–H groups in total. The summed E-state index contributed by atoms with van der Waals surface area (Å²) in [5, 5.41) is 0.270. The average molecular weight is 438 g/mol. The van der Waals surface area contributed by atoms with Crippen LogP contribution < -0.4 is 10.6 Å². The van der Waals surface area contributed by atoms with Crippen LogP contribution in [0.15, 0.2) is 28.2 Å². The minimum atomic E-state index is -1.11. The summed E-state index contributed by atoms with van der Waals surface area (Å²) in [6, 6.07) is 5.16. The Bertz CT molecular complexity index is 835. The molecule has 0 spiro atoms. The number of primary amides is 1. The fourth-order valence-electron chi connectivity index (χ4n) is 2.50. The molecule has 138 valence electrons. The summed E-state index contributed by atoms with van der Waals surface area (Å²) in [7, 11) is 0. The van der Waals surface area contributed by atoms with Gasteiger partial charge in [0.1, 0.15) is 0 Å². The number of hydrogen-bond donors (Lipinski definition) is 1. The summed E-state index contributed by atoms with van der Waals surface area (Å²) in [6.07, 6.45) is 4.64. The van der Waals surface area contributed by atoms with Crippen molar-refractivity contribution in [1.29, 1.82) is 0 Å². The van der Waals surface area contributed by atoms with Gasteiger partial charge in [-0.25, -0.2) is 9.88 Å². The normalized spacial score (nSPS) is 10.6. The predicted octanol–water partition coefficient (Wildman–Crippen LogP) is 4.13. The second-order valence-corrected chi connectivity index (χ2v) is 8.24. The molecule has 0 atom stereocenters. The van der Waals surface area contributed by atoms with Gasteiger partial charge in [-0.2, -0.15) is 0 Å². The van der Waals surface area contributed by atoms with Gasteiger partial charge >= 0.3 is 11.8 Å². The number of ketones is 1. The van der Waals surface area contributed by atoms with Gasteiger partial charge in [0.25, 0.3) is 0 Å². The Morgan fingerprint density at radius 2 is 2.00 bits per heavy atom. The number of nitrogens with two attached hydrogens (primary N) is 1. The molecule has 0 saturated heterocycles. The molecule has 2 amide bonds. The number of thiazole rings is 1. The van der Waals surface area contributed by atoms with Crippen molar-refractivity contribution in [2.45, 2.75) is 39.5 Å². The van der Waals surface area contributed by atoms with E-state index < -0.39 is 11.8 Å². The van der Waals surface area contributed by atoms with Gasteiger partial charge in [-0.3, -0.25) is 14.4 Å². The van der Waals surface area contributed by atoms with E-state index in [1.807, 2.05) is 6.92 Å². The van der Waals surface area contributed by atoms with Crippen molar-refractivity contribution in [2.24, 2.45) is 5.73 Å². The smallest absolute Gasteiger partial charge is 0.322 e. The van der Waals surface area contributed by atoms with E-state index in [2.05, 4.69) is 27.8 Å². The minimum absolute atomic E-state index is 0.0740. The third-order valence-electron chi connectivity index (χ3n) is 3.77. The first-order valence-corrected chi connectivity index (χ1v) is 9.85. The number of benzene rings is 1. The van der Waals surface area contributed by atoms with Crippen LogP contribution >= 0.6 is 27.3 Å². The summed E-state index contributed by atoms with van der Waals surface area (Å²) in [6.45, 7) is 3.93. The van der Waals surface area contributed by atoms with Crippen molar-refractivity contribution in [1.82, 2.24) is 4.98 Å².